The molecule has 0 aliphatic heterocycles. The second-order valence-electron chi connectivity index (χ2n) is 7.08. The van der Waals surface area contributed by atoms with E-state index in [1.807, 2.05) is 74.7 Å². The molecule has 1 atom stereocenters. The molecule has 3 aromatic rings. The van der Waals surface area contributed by atoms with Crippen LogP contribution in [0.15, 0.2) is 66.4 Å². The van der Waals surface area contributed by atoms with Crippen molar-refractivity contribution in [2.24, 2.45) is 0 Å². The number of benzene rings is 2. The number of aromatic nitrogens is 1. The predicted molar refractivity (Wildman–Crippen MR) is 112 cm³/mol. The van der Waals surface area contributed by atoms with Crippen molar-refractivity contribution in [3.63, 3.8) is 0 Å². The van der Waals surface area contributed by atoms with Crippen LogP contribution in [0.25, 0.3) is 10.9 Å². The summed E-state index contributed by atoms with van der Waals surface area (Å²) in [4.78, 5) is 14.9. The first-order valence-electron chi connectivity index (χ1n) is 9.39. The van der Waals surface area contributed by atoms with E-state index in [2.05, 4.69) is 10.3 Å². The highest BCUT2D eigenvalue weighted by Gasteiger charge is 2.19. The van der Waals surface area contributed by atoms with Gasteiger partial charge in [0.25, 0.3) is 0 Å². The lowest BCUT2D eigenvalue weighted by molar-refractivity contribution is -0.139. The number of fused-ring (bicyclic) bond motifs is 1. The Hall–Kier alpha value is -3.05. The molecule has 5 nitrogen and oxygen atoms in total. The van der Waals surface area contributed by atoms with Crippen LogP contribution in [0.4, 0.5) is 0 Å². The fraction of sp³-hybridized carbons (Fsp3) is 0.261. The first kappa shape index (κ1) is 19.7. The van der Waals surface area contributed by atoms with Crippen molar-refractivity contribution in [1.82, 2.24) is 10.3 Å². The van der Waals surface area contributed by atoms with Crippen molar-refractivity contribution in [3.8, 4) is 5.75 Å². The van der Waals surface area contributed by atoms with Crippen molar-refractivity contribution in [1.29, 1.82) is 0 Å². The number of aromatic amines is 1. The third-order valence-corrected chi connectivity index (χ3v) is 4.58. The van der Waals surface area contributed by atoms with Crippen molar-refractivity contribution in [2.45, 2.75) is 32.9 Å². The molecule has 146 valence electrons. The fourth-order valence-corrected chi connectivity index (χ4v) is 3.03. The number of carbonyl (C=O) groups is 1. The van der Waals surface area contributed by atoms with Crippen LogP contribution in [0.5, 0.6) is 5.75 Å². The Balaban J connectivity index is 1.73. The summed E-state index contributed by atoms with van der Waals surface area (Å²) in [6.07, 6.45) is 4.26. The van der Waals surface area contributed by atoms with E-state index in [4.69, 9.17) is 4.74 Å². The van der Waals surface area contributed by atoms with Gasteiger partial charge in [-0.2, -0.15) is 0 Å². The van der Waals surface area contributed by atoms with Crippen molar-refractivity contribution >= 4 is 16.9 Å². The normalized spacial score (nSPS) is 11.9. The summed E-state index contributed by atoms with van der Waals surface area (Å²) in [5, 5.41) is 13.6. The van der Waals surface area contributed by atoms with Crippen LogP contribution in [0.2, 0.25) is 0 Å². The molecule has 3 rings (SSSR count). The smallest absolute Gasteiger partial charge is 0.321 e. The number of carboxylic acids is 1. The van der Waals surface area contributed by atoms with Crippen LogP contribution < -0.4 is 10.1 Å². The van der Waals surface area contributed by atoms with E-state index in [1.165, 1.54) is 0 Å². The quantitative estimate of drug-likeness (QED) is 0.485. The summed E-state index contributed by atoms with van der Waals surface area (Å²) in [6, 6.07) is 15.2. The van der Waals surface area contributed by atoms with E-state index in [0.717, 1.165) is 33.4 Å². The van der Waals surface area contributed by atoms with E-state index in [9.17, 15) is 9.90 Å². The Labute approximate surface area is 165 Å². The topological polar surface area (TPSA) is 74.3 Å². The van der Waals surface area contributed by atoms with Crippen LogP contribution in [0.3, 0.4) is 0 Å². The number of aliphatic carboxylic acids is 1. The van der Waals surface area contributed by atoms with Crippen LogP contribution >= 0.6 is 0 Å². The van der Waals surface area contributed by atoms with Gasteiger partial charge in [0.05, 0.1) is 0 Å². The molecule has 1 aromatic heterocycles. The zero-order chi connectivity index (χ0) is 19.9. The van der Waals surface area contributed by atoms with Gasteiger partial charge in [-0.15, -0.1) is 0 Å². The van der Waals surface area contributed by atoms with E-state index in [-0.39, 0.29) is 0 Å². The zero-order valence-corrected chi connectivity index (χ0v) is 16.2. The second kappa shape index (κ2) is 9.24. The highest BCUT2D eigenvalue weighted by atomic mass is 16.5. The predicted octanol–water partition coefficient (Wildman–Crippen LogP) is 4.30. The minimum atomic E-state index is -0.854. The molecule has 0 aliphatic carbocycles. The van der Waals surface area contributed by atoms with Gasteiger partial charge in [0.15, 0.2) is 0 Å². The summed E-state index contributed by atoms with van der Waals surface area (Å²) in [7, 11) is 0. The van der Waals surface area contributed by atoms with Gasteiger partial charge in [0, 0.05) is 30.1 Å². The van der Waals surface area contributed by atoms with Crippen molar-refractivity contribution in [3.05, 3.63) is 77.5 Å². The summed E-state index contributed by atoms with van der Waals surface area (Å²) in [5.74, 6) is -0.0884. The molecule has 0 saturated carbocycles. The maximum Gasteiger partial charge on any atom is 0.321 e. The molecule has 3 N–H and O–H groups in total. The molecule has 0 amide bonds. The lowest BCUT2D eigenvalue weighted by Gasteiger charge is -2.13. The Morgan fingerprint density at radius 1 is 1.21 bits per heavy atom. The molecule has 0 aliphatic rings. The van der Waals surface area contributed by atoms with Crippen LogP contribution in [0, 0.1) is 0 Å². The number of allylic oxidation sites excluding steroid dienone is 1. The molecule has 5 heteroatoms. The van der Waals surface area contributed by atoms with Gasteiger partial charge in [-0.3, -0.25) is 4.79 Å². The number of nitrogens with one attached hydrogen (secondary N) is 2. The van der Waals surface area contributed by atoms with Crippen molar-refractivity contribution in [2.75, 3.05) is 6.54 Å². The molecule has 1 heterocycles. The van der Waals surface area contributed by atoms with Crippen LogP contribution in [-0.4, -0.2) is 28.6 Å². The first-order valence-corrected chi connectivity index (χ1v) is 9.39. The maximum absolute atomic E-state index is 11.6. The van der Waals surface area contributed by atoms with Gasteiger partial charge in [-0.05, 0) is 43.2 Å². The highest BCUT2D eigenvalue weighted by Crippen LogP contribution is 2.25. The third kappa shape index (κ3) is 5.24. The summed E-state index contributed by atoms with van der Waals surface area (Å²) < 4.78 is 5.91. The van der Waals surface area contributed by atoms with E-state index < -0.39 is 12.0 Å². The first-order chi connectivity index (χ1) is 13.5. The third-order valence-electron chi connectivity index (χ3n) is 4.58. The Bertz CT molecular complexity index is 956. The average molecular weight is 378 g/mol. The number of hydrogen-bond donors (Lipinski definition) is 3. The fourth-order valence-electron chi connectivity index (χ4n) is 3.03. The average Bonchev–Trinajstić information content (AvgIpc) is 3.08. The van der Waals surface area contributed by atoms with E-state index in [0.29, 0.717) is 19.6 Å². The molecule has 0 fully saturated rings. The summed E-state index contributed by atoms with van der Waals surface area (Å²) in [5.41, 5.74) is 4.18. The van der Waals surface area contributed by atoms with Gasteiger partial charge in [-0.1, -0.05) is 42.0 Å². The SMILES string of the molecule is CC(C)=CCNC(Cc1c[nH]c2ccc(OCc3ccccc3)cc12)C(=O)O. The lowest BCUT2D eigenvalue weighted by Crippen LogP contribution is -2.38. The van der Waals surface area contributed by atoms with Gasteiger partial charge < -0.3 is 20.1 Å². The highest BCUT2D eigenvalue weighted by molar-refractivity contribution is 5.85. The summed E-state index contributed by atoms with van der Waals surface area (Å²) >= 11 is 0. The number of H-pyrrole nitrogens is 1. The van der Waals surface area contributed by atoms with E-state index in [1.54, 1.807) is 0 Å². The standard InChI is InChI=1S/C23H26N2O3/c1-16(2)10-11-24-22(23(26)27)12-18-14-25-21-9-8-19(13-20(18)21)28-15-17-6-4-3-5-7-17/h3-10,13-14,22,24-25H,11-12,15H2,1-2H3,(H,26,27). The molecular formula is C23H26N2O3. The van der Waals surface area contributed by atoms with Gasteiger partial charge in [0.1, 0.15) is 18.4 Å². The molecule has 0 radical (unpaired) electrons. The van der Waals surface area contributed by atoms with Gasteiger partial charge >= 0.3 is 5.97 Å². The minimum absolute atomic E-state index is 0.397. The molecule has 1 unspecified atom stereocenters. The minimum Gasteiger partial charge on any atom is -0.489 e. The largest absolute Gasteiger partial charge is 0.489 e. The molecule has 0 bridgehead atoms. The number of ether oxygens (including phenoxy) is 1. The van der Waals surface area contributed by atoms with Gasteiger partial charge in [0.2, 0.25) is 0 Å². The molecular weight excluding hydrogens is 352 g/mol. The van der Waals surface area contributed by atoms with E-state index >= 15 is 0 Å². The monoisotopic (exact) mass is 378 g/mol. The number of hydrogen-bond acceptors (Lipinski definition) is 3. The molecule has 2 aromatic carbocycles. The number of carboxylic acid groups (broad SMARTS) is 1. The Kier molecular flexibility index (Phi) is 6.50. The second-order valence-corrected chi connectivity index (χ2v) is 7.08. The van der Waals surface area contributed by atoms with Crippen LogP contribution in [-0.2, 0) is 17.8 Å². The Morgan fingerprint density at radius 2 is 2.00 bits per heavy atom. The molecule has 0 saturated heterocycles. The molecule has 0 spiro atoms. The Morgan fingerprint density at radius 3 is 2.71 bits per heavy atom. The molecule has 28 heavy (non-hydrogen) atoms. The van der Waals surface area contributed by atoms with Crippen LogP contribution in [0.1, 0.15) is 25.0 Å². The number of rotatable bonds is 9. The van der Waals surface area contributed by atoms with Gasteiger partial charge in [-0.25, -0.2) is 0 Å². The zero-order valence-electron chi connectivity index (χ0n) is 16.2. The maximum atomic E-state index is 11.6. The lowest BCUT2D eigenvalue weighted by atomic mass is 10.0. The summed E-state index contributed by atoms with van der Waals surface area (Å²) in [6.45, 7) is 5.02. The van der Waals surface area contributed by atoms with Crippen molar-refractivity contribution < 1.29 is 14.6 Å².